The number of aromatic nitrogens is 1. The maximum atomic E-state index is 13.0. The number of unbranched alkanes of at least 4 members (excludes halogenated alkanes) is 2. The molecule has 1 heterocycles. The minimum absolute atomic E-state index is 0.00534. The summed E-state index contributed by atoms with van der Waals surface area (Å²) in [6.07, 6.45) is 8.33. The Morgan fingerprint density at radius 2 is 1.68 bits per heavy atom. The van der Waals surface area contributed by atoms with Crippen molar-refractivity contribution >= 4 is 5.91 Å². The van der Waals surface area contributed by atoms with E-state index in [0.717, 1.165) is 49.4 Å². The minimum atomic E-state index is -0.00534. The number of amides is 1. The van der Waals surface area contributed by atoms with Crippen LogP contribution >= 0.6 is 0 Å². The van der Waals surface area contributed by atoms with Crippen LogP contribution in [0.3, 0.4) is 0 Å². The van der Waals surface area contributed by atoms with Crippen LogP contribution in [0, 0.1) is 27.7 Å². The van der Waals surface area contributed by atoms with E-state index in [4.69, 9.17) is 4.74 Å². The number of methoxy groups -OCH3 is 1. The van der Waals surface area contributed by atoms with Gasteiger partial charge in [-0.2, -0.15) is 0 Å². The second-order valence-corrected chi connectivity index (χ2v) is 11.0. The number of carbonyl (C=O) groups is 1. The highest BCUT2D eigenvalue weighted by atomic mass is 16.5. The van der Waals surface area contributed by atoms with Crippen molar-refractivity contribution in [1.82, 2.24) is 20.5 Å². The zero-order valence-corrected chi connectivity index (χ0v) is 27.0. The number of nitrogens with zero attached hydrogens (tertiary/aromatic N) is 2. The van der Waals surface area contributed by atoms with E-state index in [2.05, 4.69) is 87.8 Å². The maximum absolute atomic E-state index is 13.0. The average molecular weight is 553 g/mol. The highest BCUT2D eigenvalue weighted by molar-refractivity contribution is 5.94. The fourth-order valence-corrected chi connectivity index (χ4v) is 4.98. The average Bonchev–Trinajstić information content (AvgIpc) is 2.92. The summed E-state index contributed by atoms with van der Waals surface area (Å²) in [5, 5.41) is 6.33. The smallest absolute Gasteiger partial charge is 0.251 e. The second-order valence-electron chi connectivity index (χ2n) is 11.0. The topological polar surface area (TPSA) is 66.5 Å². The fraction of sp³-hybridized carbons (Fsp3) is 0.588. The van der Waals surface area contributed by atoms with Gasteiger partial charge in [-0.05, 0) is 109 Å². The number of benzene rings is 1. The van der Waals surface area contributed by atoms with Gasteiger partial charge in [0.1, 0.15) is 5.75 Å². The SMILES string of the molecule is C=CNCCCC.CCCCC(CC(C)N(C)C(C)c1ccc(OC)c(C)c1C)NC(=O)c1cc(C)nc(C)c1. The Labute approximate surface area is 245 Å². The molecule has 0 aliphatic carbocycles. The van der Waals surface area contributed by atoms with Gasteiger partial charge in [-0.3, -0.25) is 14.7 Å². The van der Waals surface area contributed by atoms with E-state index in [-0.39, 0.29) is 18.0 Å². The number of nitrogens with one attached hydrogen (secondary N) is 2. The van der Waals surface area contributed by atoms with Gasteiger partial charge in [0, 0.05) is 41.6 Å². The monoisotopic (exact) mass is 552 g/mol. The Balaban J connectivity index is 0.00000101. The highest BCUT2D eigenvalue weighted by Crippen LogP contribution is 2.31. The third-order valence-corrected chi connectivity index (χ3v) is 7.79. The Morgan fingerprint density at radius 3 is 2.23 bits per heavy atom. The lowest BCUT2D eigenvalue weighted by atomic mass is 9.94. The minimum Gasteiger partial charge on any atom is -0.496 e. The second kappa shape index (κ2) is 18.5. The lowest BCUT2D eigenvalue weighted by Crippen LogP contribution is -2.41. The van der Waals surface area contributed by atoms with Crippen LogP contribution in [0.25, 0.3) is 0 Å². The molecule has 2 rings (SSSR count). The Kier molecular flexibility index (Phi) is 16.2. The summed E-state index contributed by atoms with van der Waals surface area (Å²) in [4.78, 5) is 19.8. The third-order valence-electron chi connectivity index (χ3n) is 7.79. The predicted molar refractivity (Wildman–Crippen MR) is 170 cm³/mol. The number of rotatable bonds is 15. The molecule has 2 aromatic rings. The summed E-state index contributed by atoms with van der Waals surface area (Å²) in [6, 6.07) is 8.68. The van der Waals surface area contributed by atoms with Crippen LogP contribution in [0.15, 0.2) is 37.0 Å². The molecule has 40 heavy (non-hydrogen) atoms. The largest absolute Gasteiger partial charge is 0.496 e. The predicted octanol–water partition coefficient (Wildman–Crippen LogP) is 7.60. The summed E-state index contributed by atoms with van der Waals surface area (Å²) < 4.78 is 5.49. The molecule has 1 aromatic carbocycles. The van der Waals surface area contributed by atoms with Gasteiger partial charge in [0.15, 0.2) is 0 Å². The summed E-state index contributed by atoms with van der Waals surface area (Å²) in [5.74, 6) is 0.928. The highest BCUT2D eigenvalue weighted by Gasteiger charge is 2.24. The van der Waals surface area contributed by atoms with Gasteiger partial charge in [0.25, 0.3) is 5.91 Å². The first-order chi connectivity index (χ1) is 19.0. The van der Waals surface area contributed by atoms with Crippen LogP contribution in [0.4, 0.5) is 0 Å². The number of aryl methyl sites for hydroxylation is 2. The number of pyridine rings is 1. The molecule has 1 aromatic heterocycles. The molecule has 1 amide bonds. The number of hydrogen-bond acceptors (Lipinski definition) is 5. The molecule has 224 valence electrons. The first-order valence-electron chi connectivity index (χ1n) is 15.0. The maximum Gasteiger partial charge on any atom is 0.251 e. The molecule has 6 nitrogen and oxygen atoms in total. The Morgan fingerprint density at radius 1 is 1.05 bits per heavy atom. The summed E-state index contributed by atoms with van der Waals surface area (Å²) in [6.45, 7) is 21.6. The molecule has 3 unspecified atom stereocenters. The van der Waals surface area contributed by atoms with Gasteiger partial charge >= 0.3 is 0 Å². The first kappa shape index (κ1) is 35.2. The van der Waals surface area contributed by atoms with Crippen LogP contribution < -0.4 is 15.4 Å². The lowest BCUT2D eigenvalue weighted by Gasteiger charge is -2.34. The molecule has 3 atom stereocenters. The summed E-state index contributed by atoms with van der Waals surface area (Å²) in [5.41, 5.74) is 6.23. The molecular formula is C34H56N4O2. The first-order valence-corrected chi connectivity index (χ1v) is 15.0. The van der Waals surface area contributed by atoms with E-state index in [1.54, 1.807) is 13.3 Å². The summed E-state index contributed by atoms with van der Waals surface area (Å²) >= 11 is 0. The van der Waals surface area contributed by atoms with Crippen molar-refractivity contribution in [2.75, 3.05) is 20.7 Å². The van der Waals surface area contributed by atoms with Crippen molar-refractivity contribution in [3.63, 3.8) is 0 Å². The van der Waals surface area contributed by atoms with E-state index in [9.17, 15) is 4.79 Å². The molecule has 0 aliphatic rings. The van der Waals surface area contributed by atoms with Crippen molar-refractivity contribution in [3.8, 4) is 5.75 Å². The van der Waals surface area contributed by atoms with Gasteiger partial charge < -0.3 is 15.4 Å². The number of carbonyl (C=O) groups excluding carboxylic acids is 1. The molecule has 6 heteroatoms. The van der Waals surface area contributed by atoms with E-state index >= 15 is 0 Å². The van der Waals surface area contributed by atoms with Crippen molar-refractivity contribution in [3.05, 3.63) is 70.7 Å². The van der Waals surface area contributed by atoms with E-state index in [1.165, 1.54) is 29.5 Å². The van der Waals surface area contributed by atoms with E-state index in [0.29, 0.717) is 11.6 Å². The number of ether oxygens (including phenoxy) is 1. The lowest BCUT2D eigenvalue weighted by molar-refractivity contribution is 0.0918. The van der Waals surface area contributed by atoms with E-state index in [1.807, 2.05) is 26.0 Å². The molecule has 0 spiro atoms. The Bertz CT molecular complexity index is 1030. The van der Waals surface area contributed by atoms with Crippen molar-refractivity contribution in [1.29, 1.82) is 0 Å². The molecule has 0 saturated carbocycles. The standard InChI is InChI=1S/C28H43N3O2.C6H13N/c1-10-11-12-25(30-28(32)24-15-18(2)29-19(3)16-24)17-20(4)31(8)23(7)26-13-14-27(33-9)22(6)21(26)5;1-3-5-6-7-4-2/h13-16,20,23,25H,10-12,17H2,1-9H3,(H,30,32);4,7H,2-3,5-6H2,1H3. The van der Waals surface area contributed by atoms with Crippen molar-refractivity contribution in [2.24, 2.45) is 0 Å². The molecule has 0 bridgehead atoms. The van der Waals surface area contributed by atoms with Gasteiger partial charge in [-0.15, -0.1) is 0 Å². The van der Waals surface area contributed by atoms with Gasteiger partial charge in [0.05, 0.1) is 7.11 Å². The molecule has 2 N–H and O–H groups in total. The van der Waals surface area contributed by atoms with Gasteiger partial charge in [-0.1, -0.05) is 45.8 Å². The van der Waals surface area contributed by atoms with Crippen LogP contribution in [-0.4, -0.2) is 48.6 Å². The van der Waals surface area contributed by atoms with Crippen LogP contribution in [-0.2, 0) is 0 Å². The van der Waals surface area contributed by atoms with Crippen LogP contribution in [0.5, 0.6) is 5.75 Å². The molecule has 0 aliphatic heterocycles. The van der Waals surface area contributed by atoms with Crippen molar-refractivity contribution in [2.45, 2.75) is 112 Å². The third kappa shape index (κ3) is 11.3. The van der Waals surface area contributed by atoms with E-state index < -0.39 is 0 Å². The zero-order valence-electron chi connectivity index (χ0n) is 27.0. The molecule has 0 fully saturated rings. The quantitative estimate of drug-likeness (QED) is 0.223. The normalized spacial score (nSPS) is 13.1. The van der Waals surface area contributed by atoms with Crippen LogP contribution in [0.1, 0.15) is 111 Å². The van der Waals surface area contributed by atoms with Crippen molar-refractivity contribution < 1.29 is 9.53 Å². The molecule has 0 radical (unpaired) electrons. The fourth-order valence-electron chi connectivity index (χ4n) is 4.98. The summed E-state index contributed by atoms with van der Waals surface area (Å²) in [7, 11) is 3.90. The zero-order chi connectivity index (χ0) is 30.2. The van der Waals surface area contributed by atoms with Gasteiger partial charge in [0.2, 0.25) is 0 Å². The number of hydrogen-bond donors (Lipinski definition) is 2. The Hall–Kier alpha value is -2.86. The van der Waals surface area contributed by atoms with Gasteiger partial charge in [-0.25, -0.2) is 0 Å². The molecule has 0 saturated heterocycles. The van der Waals surface area contributed by atoms with Crippen LogP contribution in [0.2, 0.25) is 0 Å². The molecular weight excluding hydrogens is 496 g/mol.